The number of ether oxygens (including phenoxy) is 1. The fourth-order valence-corrected chi connectivity index (χ4v) is 6.01. The second kappa shape index (κ2) is 13.4. The smallest absolute Gasteiger partial charge is 0.323 e. The lowest BCUT2D eigenvalue weighted by atomic mass is 9.94. The second-order valence-electron chi connectivity index (χ2n) is 10.6. The first-order chi connectivity index (χ1) is 18.9. The summed E-state index contributed by atoms with van der Waals surface area (Å²) in [7, 11) is 0. The van der Waals surface area contributed by atoms with Crippen LogP contribution in [0.4, 0.5) is 5.69 Å². The Hall–Kier alpha value is -3.68. The van der Waals surface area contributed by atoms with Crippen LogP contribution >= 0.6 is 0 Å². The van der Waals surface area contributed by atoms with Gasteiger partial charge in [-0.25, -0.2) is 0 Å². The van der Waals surface area contributed by atoms with Gasteiger partial charge in [-0.1, -0.05) is 61.4 Å². The van der Waals surface area contributed by atoms with Crippen molar-refractivity contribution in [1.82, 2.24) is 5.32 Å². The van der Waals surface area contributed by atoms with Crippen LogP contribution in [0.5, 0.6) is 0 Å². The first-order valence-electron chi connectivity index (χ1n) is 14.0. The van der Waals surface area contributed by atoms with Crippen molar-refractivity contribution in [3.05, 3.63) is 65.7 Å². The maximum Gasteiger partial charge on any atom is 0.323 e. The van der Waals surface area contributed by atoms with E-state index < -0.39 is 36.3 Å². The molecular formula is C31H38N2O6. The summed E-state index contributed by atoms with van der Waals surface area (Å²) in [6, 6.07) is 16.7. The Morgan fingerprint density at radius 2 is 1.72 bits per heavy atom. The van der Waals surface area contributed by atoms with Gasteiger partial charge in [-0.3, -0.25) is 24.1 Å². The van der Waals surface area contributed by atoms with Gasteiger partial charge in [-0.05, 0) is 68.6 Å². The van der Waals surface area contributed by atoms with Gasteiger partial charge in [0.15, 0.2) is 0 Å². The van der Waals surface area contributed by atoms with Crippen LogP contribution < -0.4 is 10.2 Å². The highest BCUT2D eigenvalue weighted by atomic mass is 16.5. The van der Waals surface area contributed by atoms with Crippen molar-refractivity contribution in [3.8, 4) is 0 Å². The molecule has 8 nitrogen and oxygen atoms in total. The maximum absolute atomic E-state index is 13.5. The monoisotopic (exact) mass is 534 g/mol. The van der Waals surface area contributed by atoms with Gasteiger partial charge in [-0.2, -0.15) is 0 Å². The molecule has 1 saturated carbocycles. The van der Waals surface area contributed by atoms with Gasteiger partial charge in [0.2, 0.25) is 11.8 Å². The second-order valence-corrected chi connectivity index (χ2v) is 10.6. The Kier molecular flexibility index (Phi) is 9.74. The number of esters is 1. The minimum Gasteiger partial charge on any atom is -0.480 e. The average Bonchev–Trinajstić information content (AvgIpc) is 3.32. The van der Waals surface area contributed by atoms with Crippen molar-refractivity contribution in [2.24, 2.45) is 17.8 Å². The van der Waals surface area contributed by atoms with E-state index in [2.05, 4.69) is 17.4 Å². The van der Waals surface area contributed by atoms with E-state index in [1.165, 1.54) is 10.5 Å². The van der Waals surface area contributed by atoms with Crippen LogP contribution in [0.15, 0.2) is 54.6 Å². The molecule has 1 heterocycles. The van der Waals surface area contributed by atoms with Crippen LogP contribution in [-0.2, 0) is 36.8 Å². The third-order valence-corrected chi connectivity index (χ3v) is 7.92. The predicted molar refractivity (Wildman–Crippen MR) is 147 cm³/mol. The first kappa shape index (κ1) is 28.3. The molecule has 208 valence electrons. The van der Waals surface area contributed by atoms with E-state index in [-0.39, 0.29) is 24.4 Å². The Morgan fingerprint density at radius 1 is 1.00 bits per heavy atom. The molecule has 2 aliphatic rings. The molecule has 4 unspecified atom stereocenters. The first-order valence-corrected chi connectivity index (χ1v) is 14.0. The zero-order chi connectivity index (χ0) is 27.8. The summed E-state index contributed by atoms with van der Waals surface area (Å²) in [5.74, 6) is -3.16. The van der Waals surface area contributed by atoms with Crippen molar-refractivity contribution in [3.63, 3.8) is 0 Å². The topological polar surface area (TPSA) is 113 Å². The molecule has 0 radical (unpaired) electrons. The minimum absolute atomic E-state index is 0.225. The molecule has 1 aliphatic heterocycles. The number of para-hydroxylation sites is 1. The Balaban J connectivity index is 1.41. The highest BCUT2D eigenvalue weighted by Crippen LogP contribution is 2.40. The van der Waals surface area contributed by atoms with E-state index in [0.29, 0.717) is 31.4 Å². The van der Waals surface area contributed by atoms with E-state index in [1.54, 1.807) is 19.1 Å². The molecule has 2 N–H and O–H groups in total. The normalized spacial score (nSPS) is 22.6. The molecule has 4 rings (SSSR count). The van der Waals surface area contributed by atoms with E-state index in [1.807, 2.05) is 30.3 Å². The largest absolute Gasteiger partial charge is 0.480 e. The number of carbonyl (C=O) groups excluding carboxylic acids is 3. The van der Waals surface area contributed by atoms with Crippen LogP contribution in [0, 0.1) is 17.8 Å². The molecule has 1 fully saturated rings. The summed E-state index contributed by atoms with van der Waals surface area (Å²) in [5, 5.41) is 12.3. The Labute approximate surface area is 229 Å². The van der Waals surface area contributed by atoms with Crippen molar-refractivity contribution in [2.75, 3.05) is 18.1 Å². The summed E-state index contributed by atoms with van der Waals surface area (Å²) in [6.07, 6.45) is 6.02. The number of rotatable bonds is 11. The van der Waals surface area contributed by atoms with Gasteiger partial charge in [0.1, 0.15) is 12.6 Å². The number of fused-ring (bicyclic) bond motifs is 1. The third kappa shape index (κ3) is 7.25. The van der Waals surface area contributed by atoms with Crippen molar-refractivity contribution < 1.29 is 29.0 Å². The van der Waals surface area contributed by atoms with Gasteiger partial charge in [0, 0.05) is 5.69 Å². The number of carboxylic acid groups (broad SMARTS) is 1. The fraction of sp³-hybridized carbons (Fsp3) is 0.484. The van der Waals surface area contributed by atoms with Gasteiger partial charge in [0.05, 0.1) is 18.4 Å². The van der Waals surface area contributed by atoms with E-state index >= 15 is 0 Å². The zero-order valence-corrected chi connectivity index (χ0v) is 22.5. The quantitative estimate of drug-likeness (QED) is 0.331. The number of amides is 2. The molecule has 39 heavy (non-hydrogen) atoms. The number of benzene rings is 2. The number of unbranched alkanes of at least 4 members (excludes halogenated alkanes) is 1. The number of hydrogen-bond donors (Lipinski definition) is 2. The fourth-order valence-electron chi connectivity index (χ4n) is 6.01. The predicted octanol–water partition coefficient (Wildman–Crippen LogP) is 4.15. The van der Waals surface area contributed by atoms with Crippen molar-refractivity contribution in [1.29, 1.82) is 0 Å². The van der Waals surface area contributed by atoms with Crippen molar-refractivity contribution >= 4 is 29.4 Å². The van der Waals surface area contributed by atoms with Gasteiger partial charge < -0.3 is 15.2 Å². The summed E-state index contributed by atoms with van der Waals surface area (Å²) >= 11 is 0. The van der Waals surface area contributed by atoms with Crippen molar-refractivity contribution in [2.45, 2.75) is 64.3 Å². The minimum atomic E-state index is -1.13. The number of anilines is 1. The molecule has 0 saturated heterocycles. The molecule has 4 atom stereocenters. The SMILES string of the molecule is CCOC(=O)C1CC(CCCCc2ccccc2)CC1C(=O)NC1CCc2ccccc2N(CC(=O)O)C1=O. The average molecular weight is 535 g/mol. The third-order valence-electron chi connectivity index (χ3n) is 7.92. The van der Waals surface area contributed by atoms with Crippen LogP contribution in [0.2, 0.25) is 0 Å². The Morgan fingerprint density at radius 3 is 2.46 bits per heavy atom. The molecular weight excluding hydrogens is 496 g/mol. The molecule has 8 heteroatoms. The number of hydrogen-bond acceptors (Lipinski definition) is 5. The summed E-state index contributed by atoms with van der Waals surface area (Å²) in [6.45, 7) is 1.51. The molecule has 0 spiro atoms. The van der Waals surface area contributed by atoms with E-state index in [0.717, 1.165) is 31.2 Å². The molecule has 0 aromatic heterocycles. The number of nitrogens with zero attached hydrogens (tertiary/aromatic N) is 1. The lowest BCUT2D eigenvalue weighted by molar-refractivity contribution is -0.151. The lowest BCUT2D eigenvalue weighted by Gasteiger charge is -2.26. The summed E-state index contributed by atoms with van der Waals surface area (Å²) in [4.78, 5) is 52.6. The van der Waals surface area contributed by atoms with Crippen LogP contribution in [0.3, 0.4) is 0 Å². The number of aryl methyl sites for hydroxylation is 2. The molecule has 1 aliphatic carbocycles. The number of carbonyl (C=O) groups is 4. The zero-order valence-electron chi connectivity index (χ0n) is 22.5. The standard InChI is InChI=1S/C31H38N2O6/c1-2-39-31(38)25-19-22(13-7-6-12-21-10-4-3-5-11-21)18-24(25)29(36)32-26-17-16-23-14-8-9-15-27(23)33(30(26)37)20-28(34)35/h3-5,8-11,14-15,22,24-26H,2,6-7,12-13,16-20H2,1H3,(H,32,36)(H,34,35). The van der Waals surface area contributed by atoms with E-state index in [4.69, 9.17) is 4.74 Å². The van der Waals surface area contributed by atoms with Gasteiger partial charge in [-0.15, -0.1) is 0 Å². The molecule has 2 aromatic rings. The number of nitrogens with one attached hydrogen (secondary N) is 1. The van der Waals surface area contributed by atoms with Crippen LogP contribution in [0.1, 0.15) is 56.6 Å². The van der Waals surface area contributed by atoms with Crippen LogP contribution in [0.25, 0.3) is 0 Å². The van der Waals surface area contributed by atoms with Gasteiger partial charge >= 0.3 is 11.9 Å². The number of aliphatic carboxylic acids is 1. The summed E-state index contributed by atoms with van der Waals surface area (Å²) in [5.41, 5.74) is 2.73. The van der Waals surface area contributed by atoms with Crippen LogP contribution in [-0.4, -0.2) is 48.1 Å². The number of carboxylic acids is 1. The molecule has 0 bridgehead atoms. The highest BCUT2D eigenvalue weighted by molar-refractivity contribution is 6.03. The lowest BCUT2D eigenvalue weighted by Crippen LogP contribution is -2.51. The highest BCUT2D eigenvalue weighted by Gasteiger charge is 2.44. The maximum atomic E-state index is 13.5. The van der Waals surface area contributed by atoms with E-state index in [9.17, 15) is 24.3 Å². The molecule has 2 amide bonds. The van der Waals surface area contributed by atoms with Gasteiger partial charge in [0.25, 0.3) is 0 Å². The Bertz CT molecular complexity index is 1170. The summed E-state index contributed by atoms with van der Waals surface area (Å²) < 4.78 is 5.31. The molecule has 2 aromatic carbocycles.